The Balaban J connectivity index is 1.76. The first kappa shape index (κ1) is 15.1. The summed E-state index contributed by atoms with van der Waals surface area (Å²) in [5, 5.41) is 2.71. The van der Waals surface area contributed by atoms with Gasteiger partial charge >= 0.3 is 0 Å². The Kier molecular flexibility index (Phi) is 5.37. The lowest BCUT2D eigenvalue weighted by Crippen LogP contribution is -2.33. The monoisotopic (exact) mass is 288 g/mol. The van der Waals surface area contributed by atoms with E-state index in [1.54, 1.807) is 18.0 Å². The Morgan fingerprint density at radius 1 is 1.29 bits per heavy atom. The molecule has 0 bridgehead atoms. The minimum atomic E-state index is -0.245. The minimum Gasteiger partial charge on any atom is -0.488 e. The van der Waals surface area contributed by atoms with Crippen LogP contribution in [0, 0.1) is 0 Å². The molecule has 0 aromatic heterocycles. The number of allylic oxidation sites excluding steroid dienone is 1. The van der Waals surface area contributed by atoms with E-state index in [0.29, 0.717) is 18.9 Å². The first-order valence-corrected chi connectivity index (χ1v) is 7.11. The Morgan fingerprint density at radius 3 is 2.71 bits per heavy atom. The molecule has 1 aromatic rings. The Bertz CT molecular complexity index is 526. The number of para-hydroxylation sites is 1. The summed E-state index contributed by atoms with van der Waals surface area (Å²) in [4.78, 5) is 25.4. The highest BCUT2D eigenvalue weighted by Gasteiger charge is 2.15. The molecule has 5 nitrogen and oxygen atoms in total. The smallest absolute Gasteiger partial charge is 0.286 e. The molecule has 0 aliphatic carbocycles. The van der Waals surface area contributed by atoms with Crippen LogP contribution in [0.3, 0.4) is 0 Å². The Morgan fingerprint density at radius 2 is 2.05 bits per heavy atom. The lowest BCUT2D eigenvalue weighted by molar-refractivity contribution is -0.121. The highest BCUT2D eigenvalue weighted by Crippen LogP contribution is 2.12. The van der Waals surface area contributed by atoms with Crippen LogP contribution in [0.25, 0.3) is 0 Å². The summed E-state index contributed by atoms with van der Waals surface area (Å²) >= 11 is 0. The van der Waals surface area contributed by atoms with E-state index >= 15 is 0 Å². The first-order valence-electron chi connectivity index (χ1n) is 7.11. The van der Waals surface area contributed by atoms with Crippen molar-refractivity contribution in [3.05, 3.63) is 42.2 Å². The second kappa shape index (κ2) is 7.47. The number of nitrogens with zero attached hydrogens (tertiary/aromatic N) is 1. The third-order valence-electron chi connectivity index (χ3n) is 3.30. The van der Waals surface area contributed by atoms with Crippen molar-refractivity contribution in [1.29, 1.82) is 0 Å². The third kappa shape index (κ3) is 4.34. The number of rotatable bonds is 5. The van der Waals surface area contributed by atoms with Crippen molar-refractivity contribution in [2.75, 3.05) is 25.1 Å². The van der Waals surface area contributed by atoms with Crippen molar-refractivity contribution in [1.82, 2.24) is 5.32 Å². The molecule has 1 aromatic carbocycles. The molecule has 0 radical (unpaired) electrons. The van der Waals surface area contributed by atoms with E-state index in [1.165, 1.54) is 0 Å². The highest BCUT2D eigenvalue weighted by atomic mass is 16.5. The number of hydrogen-bond donors (Lipinski definition) is 1. The molecule has 1 aliphatic heterocycles. The number of carbonyl (C=O) groups excluding carboxylic acids is 2. The summed E-state index contributed by atoms with van der Waals surface area (Å²) in [5.74, 6) is 0.0787. The minimum absolute atomic E-state index is 0.0416. The average molecular weight is 288 g/mol. The zero-order valence-electron chi connectivity index (χ0n) is 12.2. The quantitative estimate of drug-likeness (QED) is 0.899. The molecule has 0 saturated heterocycles. The fourth-order valence-corrected chi connectivity index (χ4v) is 2.05. The molecule has 1 heterocycles. The molecule has 0 fully saturated rings. The van der Waals surface area contributed by atoms with E-state index in [9.17, 15) is 9.59 Å². The van der Waals surface area contributed by atoms with Crippen LogP contribution in [0.4, 0.5) is 5.69 Å². The summed E-state index contributed by atoms with van der Waals surface area (Å²) < 4.78 is 5.27. The number of hydrogen-bond acceptors (Lipinski definition) is 3. The fourth-order valence-electron chi connectivity index (χ4n) is 2.05. The van der Waals surface area contributed by atoms with Gasteiger partial charge < -0.3 is 15.0 Å². The molecule has 21 heavy (non-hydrogen) atoms. The van der Waals surface area contributed by atoms with Gasteiger partial charge in [-0.3, -0.25) is 9.59 Å². The van der Waals surface area contributed by atoms with Gasteiger partial charge in [-0.2, -0.15) is 0 Å². The summed E-state index contributed by atoms with van der Waals surface area (Å²) in [7, 11) is 1.73. The summed E-state index contributed by atoms with van der Waals surface area (Å²) in [6.45, 7) is 0.879. The van der Waals surface area contributed by atoms with Gasteiger partial charge in [0, 0.05) is 25.7 Å². The molecule has 1 aliphatic rings. The second-order valence-corrected chi connectivity index (χ2v) is 4.85. The van der Waals surface area contributed by atoms with E-state index in [4.69, 9.17) is 4.74 Å². The van der Waals surface area contributed by atoms with Crippen molar-refractivity contribution in [3.8, 4) is 0 Å². The van der Waals surface area contributed by atoms with Crippen molar-refractivity contribution in [2.45, 2.75) is 19.3 Å². The van der Waals surface area contributed by atoms with Crippen LogP contribution in [0.2, 0.25) is 0 Å². The van der Waals surface area contributed by atoms with Gasteiger partial charge in [-0.05, 0) is 31.1 Å². The predicted octanol–water partition coefficient (Wildman–Crippen LogP) is 1.85. The maximum absolute atomic E-state index is 12.0. The largest absolute Gasteiger partial charge is 0.488 e. The van der Waals surface area contributed by atoms with Gasteiger partial charge in [-0.1, -0.05) is 18.2 Å². The van der Waals surface area contributed by atoms with Crippen LogP contribution >= 0.6 is 0 Å². The first-order chi connectivity index (χ1) is 10.2. The Labute approximate surface area is 124 Å². The van der Waals surface area contributed by atoms with Gasteiger partial charge in [0.05, 0.1) is 6.61 Å². The van der Waals surface area contributed by atoms with Gasteiger partial charge in [0.15, 0.2) is 5.76 Å². The lowest BCUT2D eigenvalue weighted by Gasteiger charge is -2.18. The average Bonchev–Trinajstić information content (AvgIpc) is 2.55. The highest BCUT2D eigenvalue weighted by molar-refractivity contribution is 5.94. The molecule has 112 valence electrons. The van der Waals surface area contributed by atoms with Crippen LogP contribution in [-0.4, -0.2) is 32.0 Å². The molecule has 0 spiro atoms. The van der Waals surface area contributed by atoms with Crippen LogP contribution in [0.5, 0.6) is 0 Å². The number of amides is 2. The number of ether oxygens (including phenoxy) is 1. The fraction of sp³-hybridized carbons (Fsp3) is 0.375. The van der Waals surface area contributed by atoms with Gasteiger partial charge in [0.2, 0.25) is 5.91 Å². The van der Waals surface area contributed by atoms with E-state index in [1.807, 2.05) is 30.3 Å². The summed E-state index contributed by atoms with van der Waals surface area (Å²) in [6.07, 6.45) is 3.84. The van der Waals surface area contributed by atoms with Crippen molar-refractivity contribution in [2.24, 2.45) is 0 Å². The Hall–Kier alpha value is -2.30. The molecule has 0 atom stereocenters. The maximum Gasteiger partial charge on any atom is 0.286 e. The van der Waals surface area contributed by atoms with Crippen LogP contribution in [-0.2, 0) is 14.3 Å². The third-order valence-corrected chi connectivity index (χ3v) is 3.30. The molecule has 0 saturated carbocycles. The van der Waals surface area contributed by atoms with E-state index in [0.717, 1.165) is 18.5 Å². The van der Waals surface area contributed by atoms with Crippen LogP contribution in [0.1, 0.15) is 19.3 Å². The standard InChI is InChI=1S/C16H20N2O3/c1-18(13-7-3-2-4-8-13)15(19)10-11-17-16(20)14-9-5-6-12-21-14/h2-4,7-9H,5-6,10-12H2,1H3,(H,17,20). The van der Waals surface area contributed by atoms with Crippen LogP contribution < -0.4 is 10.2 Å². The topological polar surface area (TPSA) is 58.6 Å². The number of nitrogens with one attached hydrogen (secondary N) is 1. The molecule has 2 rings (SSSR count). The number of benzene rings is 1. The van der Waals surface area contributed by atoms with Crippen molar-refractivity contribution in [3.63, 3.8) is 0 Å². The van der Waals surface area contributed by atoms with E-state index < -0.39 is 0 Å². The molecule has 2 amide bonds. The SMILES string of the molecule is CN(C(=O)CCNC(=O)C1=CCCCO1)c1ccccc1. The van der Waals surface area contributed by atoms with Gasteiger partial charge in [0.25, 0.3) is 5.91 Å². The maximum atomic E-state index is 12.0. The molecule has 1 N–H and O–H groups in total. The second-order valence-electron chi connectivity index (χ2n) is 4.85. The number of carbonyl (C=O) groups is 2. The molecule has 0 unspecified atom stereocenters. The van der Waals surface area contributed by atoms with Gasteiger partial charge in [-0.15, -0.1) is 0 Å². The molecular weight excluding hydrogens is 268 g/mol. The molecular formula is C16H20N2O3. The predicted molar refractivity (Wildman–Crippen MR) is 80.7 cm³/mol. The normalized spacial score (nSPS) is 13.9. The summed E-state index contributed by atoms with van der Waals surface area (Å²) in [5.41, 5.74) is 0.840. The van der Waals surface area contributed by atoms with Crippen molar-refractivity contribution >= 4 is 17.5 Å². The van der Waals surface area contributed by atoms with E-state index in [-0.39, 0.29) is 18.2 Å². The molecule has 5 heteroatoms. The zero-order chi connectivity index (χ0) is 15.1. The van der Waals surface area contributed by atoms with Crippen LogP contribution in [0.15, 0.2) is 42.2 Å². The summed E-state index contributed by atoms with van der Waals surface area (Å²) in [6, 6.07) is 9.41. The lowest BCUT2D eigenvalue weighted by atomic mass is 10.2. The van der Waals surface area contributed by atoms with E-state index in [2.05, 4.69) is 5.32 Å². The zero-order valence-corrected chi connectivity index (χ0v) is 12.2. The van der Waals surface area contributed by atoms with Gasteiger partial charge in [-0.25, -0.2) is 0 Å². The van der Waals surface area contributed by atoms with Gasteiger partial charge in [0.1, 0.15) is 0 Å². The number of anilines is 1. The van der Waals surface area contributed by atoms with Crippen molar-refractivity contribution < 1.29 is 14.3 Å².